The van der Waals surface area contributed by atoms with Crippen molar-refractivity contribution in [3.05, 3.63) is 102 Å². The van der Waals surface area contributed by atoms with Crippen molar-refractivity contribution in [3.8, 4) is 11.3 Å². The second kappa shape index (κ2) is 7.56. The fraction of sp³-hybridized carbons (Fsp3) is 0.130. The highest BCUT2D eigenvalue weighted by molar-refractivity contribution is 7.80. The molecule has 4 aromatic rings. The molecule has 3 aromatic heterocycles. The lowest BCUT2D eigenvalue weighted by Crippen LogP contribution is -2.28. The van der Waals surface area contributed by atoms with E-state index in [1.807, 2.05) is 72.8 Å². The van der Waals surface area contributed by atoms with Gasteiger partial charge in [-0.3, -0.25) is 4.98 Å². The molecule has 0 aliphatic carbocycles. The van der Waals surface area contributed by atoms with Gasteiger partial charge in [0.1, 0.15) is 23.3 Å². The van der Waals surface area contributed by atoms with Gasteiger partial charge in [0.05, 0.1) is 24.5 Å². The maximum absolute atomic E-state index is 6.30. The van der Waals surface area contributed by atoms with Gasteiger partial charge in [-0.1, -0.05) is 36.4 Å². The van der Waals surface area contributed by atoms with Crippen LogP contribution in [-0.2, 0) is 6.54 Å². The fourth-order valence-electron chi connectivity index (χ4n) is 3.72. The fourth-order valence-corrected chi connectivity index (χ4v) is 4.03. The molecule has 1 saturated heterocycles. The van der Waals surface area contributed by atoms with Crippen molar-refractivity contribution in [1.82, 2.24) is 15.2 Å². The molecule has 4 heterocycles. The summed E-state index contributed by atoms with van der Waals surface area (Å²) in [6.45, 7) is 0.550. The second-order valence-corrected chi connectivity index (χ2v) is 7.29. The molecule has 6 heteroatoms. The van der Waals surface area contributed by atoms with E-state index in [4.69, 9.17) is 21.1 Å². The van der Waals surface area contributed by atoms with E-state index in [0.29, 0.717) is 11.7 Å². The smallest absolute Gasteiger partial charge is 0.170 e. The van der Waals surface area contributed by atoms with Crippen LogP contribution in [0.15, 0.2) is 94.1 Å². The first-order valence-electron chi connectivity index (χ1n) is 9.45. The molecule has 5 nitrogen and oxygen atoms in total. The van der Waals surface area contributed by atoms with Gasteiger partial charge in [-0.15, -0.1) is 0 Å². The Balaban J connectivity index is 1.54. The minimum absolute atomic E-state index is 0.117. The van der Waals surface area contributed by atoms with Gasteiger partial charge in [-0.05, 0) is 48.6 Å². The predicted octanol–water partition coefficient (Wildman–Crippen LogP) is 5.11. The lowest BCUT2D eigenvalue weighted by atomic mass is 10.0. The number of aromatic nitrogens is 1. The first kappa shape index (κ1) is 17.7. The van der Waals surface area contributed by atoms with Gasteiger partial charge in [-0.2, -0.15) is 0 Å². The molecule has 1 aliphatic rings. The van der Waals surface area contributed by atoms with E-state index < -0.39 is 0 Å². The van der Waals surface area contributed by atoms with Crippen LogP contribution in [0.5, 0.6) is 0 Å². The van der Waals surface area contributed by atoms with E-state index in [1.165, 1.54) is 0 Å². The van der Waals surface area contributed by atoms with Crippen LogP contribution in [0.3, 0.4) is 0 Å². The van der Waals surface area contributed by atoms with Gasteiger partial charge in [0, 0.05) is 11.8 Å². The van der Waals surface area contributed by atoms with Crippen molar-refractivity contribution in [3.63, 3.8) is 0 Å². The van der Waals surface area contributed by atoms with Gasteiger partial charge < -0.3 is 19.1 Å². The van der Waals surface area contributed by atoms with Crippen LogP contribution in [0.4, 0.5) is 0 Å². The first-order chi connectivity index (χ1) is 14.3. The predicted molar refractivity (Wildman–Crippen MR) is 114 cm³/mol. The molecule has 2 atom stereocenters. The Labute approximate surface area is 174 Å². The summed E-state index contributed by atoms with van der Waals surface area (Å²) in [7, 11) is 0. The molecule has 0 saturated carbocycles. The van der Waals surface area contributed by atoms with Gasteiger partial charge >= 0.3 is 0 Å². The van der Waals surface area contributed by atoms with Crippen LogP contribution in [0.2, 0.25) is 0 Å². The summed E-state index contributed by atoms with van der Waals surface area (Å²) in [6, 6.07) is 23.6. The Morgan fingerprint density at radius 2 is 1.83 bits per heavy atom. The summed E-state index contributed by atoms with van der Waals surface area (Å²) in [5, 5.41) is 4.08. The lowest BCUT2D eigenvalue weighted by molar-refractivity contribution is 0.253. The Morgan fingerprint density at radius 3 is 2.59 bits per heavy atom. The SMILES string of the molecule is S=C1N[C@@H](c2ccccn2)[C@@H](c2ccc(-c3ccccc3)o2)N1Cc1ccco1. The normalized spacial score (nSPS) is 18.8. The first-order valence-corrected chi connectivity index (χ1v) is 9.86. The highest BCUT2D eigenvalue weighted by atomic mass is 32.1. The monoisotopic (exact) mass is 401 g/mol. The molecule has 1 N–H and O–H groups in total. The molecule has 0 unspecified atom stereocenters. The molecule has 0 spiro atoms. The van der Waals surface area contributed by atoms with Crippen molar-refractivity contribution in [2.75, 3.05) is 0 Å². The minimum Gasteiger partial charge on any atom is -0.467 e. The average molecular weight is 401 g/mol. The molecule has 1 fully saturated rings. The summed E-state index contributed by atoms with van der Waals surface area (Å²) in [4.78, 5) is 6.65. The number of thiocarbonyl (C=S) groups is 1. The molecule has 144 valence electrons. The summed E-state index contributed by atoms with van der Waals surface area (Å²) in [5.41, 5.74) is 1.96. The average Bonchev–Trinajstić information content (AvgIpc) is 3.51. The zero-order valence-corrected chi connectivity index (χ0v) is 16.4. The number of rotatable bonds is 5. The van der Waals surface area contributed by atoms with Gasteiger partial charge in [-0.25, -0.2) is 0 Å². The van der Waals surface area contributed by atoms with Crippen molar-refractivity contribution >= 4 is 17.3 Å². The quantitative estimate of drug-likeness (QED) is 0.469. The number of hydrogen-bond acceptors (Lipinski definition) is 4. The Kier molecular flexibility index (Phi) is 4.62. The van der Waals surface area contributed by atoms with E-state index in [1.54, 1.807) is 12.5 Å². The molecule has 0 radical (unpaired) electrons. The topological polar surface area (TPSA) is 54.4 Å². The van der Waals surface area contributed by atoms with Crippen LogP contribution in [0, 0.1) is 0 Å². The molecule has 1 aliphatic heterocycles. The van der Waals surface area contributed by atoms with Gasteiger partial charge in [0.15, 0.2) is 5.11 Å². The van der Waals surface area contributed by atoms with E-state index in [0.717, 1.165) is 28.5 Å². The van der Waals surface area contributed by atoms with E-state index >= 15 is 0 Å². The van der Waals surface area contributed by atoms with Crippen molar-refractivity contribution in [2.45, 2.75) is 18.6 Å². The minimum atomic E-state index is -0.139. The molecular formula is C23H19N3O2S. The van der Waals surface area contributed by atoms with Gasteiger partial charge in [0.25, 0.3) is 0 Å². The van der Waals surface area contributed by atoms with E-state index in [2.05, 4.69) is 15.2 Å². The number of hydrogen-bond donors (Lipinski definition) is 1. The number of nitrogens with zero attached hydrogens (tertiary/aromatic N) is 2. The summed E-state index contributed by atoms with van der Waals surface area (Å²) >= 11 is 5.67. The highest BCUT2D eigenvalue weighted by Crippen LogP contribution is 2.41. The van der Waals surface area contributed by atoms with Crippen LogP contribution < -0.4 is 5.32 Å². The summed E-state index contributed by atoms with van der Waals surface area (Å²) in [5.74, 6) is 2.50. The molecule has 0 bridgehead atoms. The number of nitrogens with one attached hydrogen (secondary N) is 1. The Bertz CT molecular complexity index is 1090. The number of pyridine rings is 1. The summed E-state index contributed by atoms with van der Waals surface area (Å²) < 4.78 is 11.9. The molecular weight excluding hydrogens is 382 g/mol. The van der Waals surface area contributed by atoms with Crippen molar-refractivity contribution < 1.29 is 8.83 Å². The molecule has 0 amide bonds. The van der Waals surface area contributed by atoms with Crippen molar-refractivity contribution in [1.29, 1.82) is 0 Å². The maximum atomic E-state index is 6.30. The summed E-state index contributed by atoms with van der Waals surface area (Å²) in [6.07, 6.45) is 3.47. The van der Waals surface area contributed by atoms with Crippen LogP contribution in [0.1, 0.15) is 29.3 Å². The highest BCUT2D eigenvalue weighted by Gasteiger charge is 2.42. The number of benzene rings is 1. The van der Waals surface area contributed by atoms with Crippen LogP contribution >= 0.6 is 12.2 Å². The maximum Gasteiger partial charge on any atom is 0.170 e. The second-order valence-electron chi connectivity index (χ2n) is 6.90. The zero-order valence-electron chi connectivity index (χ0n) is 15.6. The van der Waals surface area contributed by atoms with Gasteiger partial charge in [0.2, 0.25) is 0 Å². The Morgan fingerprint density at radius 1 is 0.966 bits per heavy atom. The Hall–Kier alpha value is -3.38. The lowest BCUT2D eigenvalue weighted by Gasteiger charge is -2.25. The third-order valence-corrected chi connectivity index (χ3v) is 5.43. The molecule has 5 rings (SSSR count). The van der Waals surface area contributed by atoms with E-state index in [9.17, 15) is 0 Å². The third-order valence-electron chi connectivity index (χ3n) is 5.08. The van der Waals surface area contributed by atoms with E-state index in [-0.39, 0.29) is 12.1 Å². The molecule has 1 aromatic carbocycles. The standard InChI is InChI=1S/C23H19N3O2S/c29-23-25-21(18-10-4-5-13-24-18)22(26(23)15-17-9-6-14-27-17)20-12-11-19(28-20)16-7-2-1-3-8-16/h1-14,21-22H,15H2,(H,25,29)/t21-,22+/m0/s1. The zero-order chi connectivity index (χ0) is 19.6. The van der Waals surface area contributed by atoms with Crippen molar-refractivity contribution in [2.24, 2.45) is 0 Å². The molecule has 29 heavy (non-hydrogen) atoms. The van der Waals surface area contributed by atoms with Crippen LogP contribution in [-0.4, -0.2) is 15.0 Å². The third kappa shape index (κ3) is 3.43. The number of furan rings is 2. The van der Waals surface area contributed by atoms with Crippen LogP contribution in [0.25, 0.3) is 11.3 Å². The largest absolute Gasteiger partial charge is 0.467 e.